The number of Topliss-reactive ketones (excluding diaryl/α,β-unsaturated/α-hetero) is 1. The quantitative estimate of drug-likeness (QED) is 0.411. The first-order valence-corrected chi connectivity index (χ1v) is 9.92. The standard InChI is InChI=1S/C23H25N3O4/c1-17-2-4-18(5-3-17)14-22(27)16-24-23(28)15-19-10-12-25(13-11-19)20-6-8-21(9-7-20)26(29)30/h2-10H,11-16H2,1H3,(H,24,28). The van der Waals surface area contributed by atoms with Gasteiger partial charge < -0.3 is 10.2 Å². The third-order valence-electron chi connectivity index (χ3n) is 5.12. The third-order valence-corrected chi connectivity index (χ3v) is 5.12. The molecule has 0 saturated heterocycles. The summed E-state index contributed by atoms with van der Waals surface area (Å²) in [4.78, 5) is 36.7. The largest absolute Gasteiger partial charge is 0.367 e. The molecule has 0 unspecified atom stereocenters. The SMILES string of the molecule is Cc1ccc(CC(=O)CNC(=O)CC2=CCN(c3ccc([N+](=O)[O-])cc3)CC2)cc1. The number of anilines is 1. The van der Waals surface area contributed by atoms with Crippen molar-refractivity contribution in [2.75, 3.05) is 24.5 Å². The van der Waals surface area contributed by atoms with Crippen LogP contribution in [0.4, 0.5) is 11.4 Å². The number of nitrogens with zero attached hydrogens (tertiary/aromatic N) is 2. The number of aryl methyl sites for hydroxylation is 1. The van der Waals surface area contributed by atoms with Gasteiger partial charge in [-0.1, -0.05) is 41.5 Å². The fourth-order valence-corrected chi connectivity index (χ4v) is 3.35. The van der Waals surface area contributed by atoms with E-state index in [1.807, 2.05) is 37.3 Å². The van der Waals surface area contributed by atoms with E-state index in [1.165, 1.54) is 12.1 Å². The Bertz CT molecular complexity index is 949. The number of hydrogen-bond donors (Lipinski definition) is 1. The molecule has 1 aliphatic rings. The molecule has 7 nitrogen and oxygen atoms in total. The van der Waals surface area contributed by atoms with Gasteiger partial charge in [0, 0.05) is 43.8 Å². The van der Waals surface area contributed by atoms with Crippen molar-refractivity contribution in [3.63, 3.8) is 0 Å². The van der Waals surface area contributed by atoms with Crippen LogP contribution in [-0.4, -0.2) is 36.2 Å². The number of non-ortho nitro benzene ring substituents is 1. The van der Waals surface area contributed by atoms with E-state index in [1.54, 1.807) is 12.1 Å². The lowest BCUT2D eigenvalue weighted by molar-refractivity contribution is -0.384. The first-order valence-electron chi connectivity index (χ1n) is 9.92. The van der Waals surface area contributed by atoms with Crippen LogP contribution in [0.15, 0.2) is 60.2 Å². The summed E-state index contributed by atoms with van der Waals surface area (Å²) in [5.41, 5.74) is 4.12. The number of nitro benzene ring substituents is 1. The molecule has 0 atom stereocenters. The number of benzene rings is 2. The van der Waals surface area contributed by atoms with Crippen LogP contribution in [0.2, 0.25) is 0 Å². The highest BCUT2D eigenvalue weighted by atomic mass is 16.6. The zero-order valence-corrected chi connectivity index (χ0v) is 17.0. The second kappa shape index (κ2) is 9.82. The summed E-state index contributed by atoms with van der Waals surface area (Å²) < 4.78 is 0. The van der Waals surface area contributed by atoms with E-state index in [0.717, 1.165) is 35.4 Å². The van der Waals surface area contributed by atoms with Crippen LogP contribution in [0.25, 0.3) is 0 Å². The smallest absolute Gasteiger partial charge is 0.269 e. The van der Waals surface area contributed by atoms with E-state index < -0.39 is 4.92 Å². The number of nitrogens with one attached hydrogen (secondary N) is 1. The van der Waals surface area contributed by atoms with Crippen molar-refractivity contribution in [3.05, 3.63) is 81.4 Å². The summed E-state index contributed by atoms with van der Waals surface area (Å²) in [7, 11) is 0. The molecule has 0 fully saturated rings. The minimum atomic E-state index is -0.415. The summed E-state index contributed by atoms with van der Waals surface area (Å²) in [6, 6.07) is 14.3. The summed E-state index contributed by atoms with van der Waals surface area (Å²) >= 11 is 0. The Hall–Kier alpha value is -3.48. The molecule has 0 aliphatic carbocycles. The van der Waals surface area contributed by atoms with Crippen LogP contribution >= 0.6 is 0 Å². The number of amides is 1. The summed E-state index contributed by atoms with van der Waals surface area (Å²) in [6.45, 7) is 3.42. The number of nitro groups is 1. The minimum Gasteiger partial charge on any atom is -0.367 e. The van der Waals surface area contributed by atoms with Crippen molar-refractivity contribution < 1.29 is 14.5 Å². The van der Waals surface area contributed by atoms with Gasteiger partial charge >= 0.3 is 0 Å². The average Bonchev–Trinajstić information content (AvgIpc) is 2.74. The highest BCUT2D eigenvalue weighted by Crippen LogP contribution is 2.23. The Morgan fingerprint density at radius 1 is 1.07 bits per heavy atom. The minimum absolute atomic E-state index is 0.0193. The van der Waals surface area contributed by atoms with Gasteiger partial charge in [-0.25, -0.2) is 0 Å². The predicted molar refractivity (Wildman–Crippen MR) is 116 cm³/mol. The van der Waals surface area contributed by atoms with Crippen LogP contribution in [0.1, 0.15) is 24.0 Å². The molecule has 1 N–H and O–H groups in total. The lowest BCUT2D eigenvalue weighted by atomic mass is 10.0. The Kier molecular flexibility index (Phi) is 6.95. The highest BCUT2D eigenvalue weighted by Gasteiger charge is 2.16. The van der Waals surface area contributed by atoms with E-state index in [9.17, 15) is 19.7 Å². The molecule has 1 amide bonds. The first kappa shape index (κ1) is 21.2. The van der Waals surface area contributed by atoms with Gasteiger partial charge in [0.25, 0.3) is 5.69 Å². The Balaban J connectivity index is 1.43. The van der Waals surface area contributed by atoms with Crippen LogP contribution < -0.4 is 10.2 Å². The number of carbonyl (C=O) groups is 2. The Morgan fingerprint density at radius 3 is 2.37 bits per heavy atom. The van der Waals surface area contributed by atoms with E-state index >= 15 is 0 Å². The summed E-state index contributed by atoms with van der Waals surface area (Å²) in [6.07, 6.45) is 3.35. The predicted octanol–water partition coefficient (Wildman–Crippen LogP) is 3.36. The monoisotopic (exact) mass is 407 g/mol. The number of rotatable bonds is 8. The van der Waals surface area contributed by atoms with Crippen LogP contribution in [0.5, 0.6) is 0 Å². The maximum atomic E-state index is 12.2. The Labute approximate surface area is 175 Å². The van der Waals surface area contributed by atoms with Gasteiger partial charge in [0.1, 0.15) is 0 Å². The second-order valence-electron chi connectivity index (χ2n) is 7.49. The van der Waals surface area contributed by atoms with Crippen molar-refractivity contribution in [1.29, 1.82) is 0 Å². The Morgan fingerprint density at radius 2 is 1.77 bits per heavy atom. The maximum absolute atomic E-state index is 12.2. The molecule has 0 spiro atoms. The molecular formula is C23H25N3O4. The molecule has 0 bridgehead atoms. The molecule has 1 heterocycles. The molecule has 3 rings (SSSR count). The van der Waals surface area contributed by atoms with Crippen LogP contribution in [-0.2, 0) is 16.0 Å². The molecule has 2 aromatic rings. The summed E-state index contributed by atoms with van der Waals surface area (Å²) in [5.74, 6) is -0.170. The molecule has 1 aliphatic heterocycles. The fraction of sp³-hybridized carbons (Fsp3) is 0.304. The van der Waals surface area contributed by atoms with E-state index in [2.05, 4.69) is 10.2 Å². The molecule has 2 aromatic carbocycles. The highest BCUT2D eigenvalue weighted by molar-refractivity contribution is 5.88. The maximum Gasteiger partial charge on any atom is 0.269 e. The zero-order chi connectivity index (χ0) is 21.5. The molecular weight excluding hydrogens is 382 g/mol. The third kappa shape index (κ3) is 6.01. The van der Waals surface area contributed by atoms with Gasteiger partial charge in [0.05, 0.1) is 11.5 Å². The van der Waals surface area contributed by atoms with Gasteiger partial charge in [0.15, 0.2) is 5.78 Å². The fourth-order valence-electron chi connectivity index (χ4n) is 3.35. The van der Waals surface area contributed by atoms with Crippen molar-refractivity contribution in [1.82, 2.24) is 5.32 Å². The molecule has 7 heteroatoms. The van der Waals surface area contributed by atoms with Crippen molar-refractivity contribution in [3.8, 4) is 0 Å². The van der Waals surface area contributed by atoms with Gasteiger partial charge in [-0.05, 0) is 31.0 Å². The van der Waals surface area contributed by atoms with Gasteiger partial charge in [-0.3, -0.25) is 19.7 Å². The van der Waals surface area contributed by atoms with Crippen LogP contribution in [0, 0.1) is 17.0 Å². The number of carbonyl (C=O) groups excluding carboxylic acids is 2. The molecule has 0 aromatic heterocycles. The van der Waals surface area contributed by atoms with Crippen LogP contribution in [0.3, 0.4) is 0 Å². The van der Waals surface area contributed by atoms with Gasteiger partial charge in [-0.15, -0.1) is 0 Å². The van der Waals surface area contributed by atoms with E-state index in [-0.39, 0.29) is 30.3 Å². The zero-order valence-electron chi connectivity index (χ0n) is 17.0. The average molecular weight is 407 g/mol. The molecule has 30 heavy (non-hydrogen) atoms. The van der Waals surface area contributed by atoms with Gasteiger partial charge in [0.2, 0.25) is 5.91 Å². The summed E-state index contributed by atoms with van der Waals surface area (Å²) in [5, 5.41) is 13.5. The lowest BCUT2D eigenvalue weighted by Crippen LogP contribution is -2.32. The lowest BCUT2D eigenvalue weighted by Gasteiger charge is -2.28. The molecule has 0 radical (unpaired) electrons. The van der Waals surface area contributed by atoms with E-state index in [0.29, 0.717) is 13.0 Å². The van der Waals surface area contributed by atoms with Crippen molar-refractivity contribution in [2.24, 2.45) is 0 Å². The number of hydrogen-bond acceptors (Lipinski definition) is 5. The van der Waals surface area contributed by atoms with Crippen molar-refractivity contribution >= 4 is 23.1 Å². The van der Waals surface area contributed by atoms with E-state index in [4.69, 9.17) is 0 Å². The van der Waals surface area contributed by atoms with Crippen molar-refractivity contribution in [2.45, 2.75) is 26.2 Å². The molecule has 0 saturated carbocycles. The normalized spacial score (nSPS) is 13.5. The second-order valence-corrected chi connectivity index (χ2v) is 7.49. The first-order chi connectivity index (χ1) is 14.4. The number of ketones is 1. The molecule has 156 valence electrons. The van der Waals surface area contributed by atoms with Gasteiger partial charge in [-0.2, -0.15) is 0 Å². The topological polar surface area (TPSA) is 92.6 Å².